The van der Waals surface area contributed by atoms with Gasteiger partial charge in [0.1, 0.15) is 0 Å². The Bertz CT molecular complexity index is 3690. The normalized spacial score (nSPS) is 12.0. The molecular weight excluding hydrogens is 913 g/mol. The van der Waals surface area contributed by atoms with Crippen LogP contribution < -0.4 is 0 Å². The molecule has 0 unspecified atom stereocenters. The number of alkyl halides is 6. The summed E-state index contributed by atoms with van der Waals surface area (Å²) >= 11 is 0. The number of hydrogen-bond acceptors (Lipinski definition) is 1. The van der Waals surface area contributed by atoms with Gasteiger partial charge < -0.3 is 9.13 Å². The summed E-state index contributed by atoms with van der Waals surface area (Å²) < 4.78 is 94.6. The number of hydrogen-bond donors (Lipinski definition) is 0. The van der Waals surface area contributed by atoms with E-state index in [0.29, 0.717) is 28.1 Å². The molecule has 0 saturated carbocycles. The molecule has 0 aliphatic heterocycles. The fourth-order valence-corrected chi connectivity index (χ4v) is 10.3. The molecular formula is C63H37F6N3. The highest BCUT2D eigenvalue weighted by atomic mass is 19.4. The van der Waals surface area contributed by atoms with Crippen LogP contribution in [0.2, 0.25) is 0 Å². The molecule has 0 radical (unpaired) electrons. The Morgan fingerprint density at radius 2 is 0.667 bits per heavy atom. The van der Waals surface area contributed by atoms with Crippen LogP contribution in [-0.2, 0) is 12.4 Å². The van der Waals surface area contributed by atoms with Gasteiger partial charge in [-0.05, 0) is 123 Å². The predicted octanol–water partition coefficient (Wildman–Crippen LogP) is 18.1. The minimum Gasteiger partial charge on any atom is -0.308 e. The van der Waals surface area contributed by atoms with Crippen LogP contribution in [0.25, 0.3) is 111 Å². The summed E-state index contributed by atoms with van der Waals surface area (Å²) in [4.78, 5) is 0. The maximum absolute atomic E-state index is 15.8. The molecule has 72 heavy (non-hydrogen) atoms. The first-order chi connectivity index (χ1) is 34.9. The second kappa shape index (κ2) is 17.1. The lowest BCUT2D eigenvalue weighted by Gasteiger charge is -2.24. The minimum atomic E-state index is -5.25. The van der Waals surface area contributed by atoms with Crippen molar-refractivity contribution in [2.24, 2.45) is 0 Å². The highest BCUT2D eigenvalue weighted by Gasteiger charge is 2.40. The number of nitrogens with zero attached hydrogens (tertiary/aromatic N) is 3. The summed E-state index contributed by atoms with van der Waals surface area (Å²) in [5.74, 6) is 0. The fraction of sp³-hybridized carbons (Fsp3) is 0.0317. The molecule has 0 amide bonds. The molecule has 3 nitrogen and oxygen atoms in total. The standard InChI is InChI=1S/C63H37F6N3/c64-62(65,66)48-25-26-49(54(37-48)63(67,68)69)61-59(71-55-27-21-44(40-13-5-1-6-14-40)33-50(55)51-34-45(22-28-56(51)71)41-15-7-2-8-16-41)31-39(38-70)32-60(61)72-57-29-23-46(42-17-9-3-10-18-42)35-52(57)53-36-47(24-30-58(53)72)43-19-11-4-12-20-43/h1-37H. The topological polar surface area (TPSA) is 33.6 Å². The lowest BCUT2D eigenvalue weighted by molar-refractivity contribution is -0.142. The number of benzene rings is 10. The first-order valence-corrected chi connectivity index (χ1v) is 23.2. The van der Waals surface area contributed by atoms with Crippen LogP contribution in [0.3, 0.4) is 0 Å². The second-order valence-electron chi connectivity index (χ2n) is 17.8. The van der Waals surface area contributed by atoms with Crippen LogP contribution >= 0.6 is 0 Å². The highest BCUT2D eigenvalue weighted by Crippen LogP contribution is 2.49. The van der Waals surface area contributed by atoms with Crippen molar-refractivity contribution >= 4 is 43.6 Å². The molecule has 0 aliphatic rings. The van der Waals surface area contributed by atoms with Gasteiger partial charge in [-0.25, -0.2) is 0 Å². The van der Waals surface area contributed by atoms with Gasteiger partial charge in [-0.2, -0.15) is 31.6 Å². The Morgan fingerprint density at radius 1 is 0.333 bits per heavy atom. The SMILES string of the molecule is N#Cc1cc(-n2c3ccc(-c4ccccc4)cc3c3cc(-c4ccccc4)ccc32)c(-c2ccc(C(F)(F)F)cc2C(F)(F)F)c(-n2c3ccc(-c4ccccc4)cc3c3cc(-c4ccccc4)ccc32)c1. The molecule has 12 aromatic rings. The van der Waals surface area contributed by atoms with E-state index in [9.17, 15) is 18.4 Å². The van der Waals surface area contributed by atoms with Gasteiger partial charge in [-0.15, -0.1) is 0 Å². The van der Waals surface area contributed by atoms with Crippen molar-refractivity contribution in [3.05, 3.63) is 241 Å². The Morgan fingerprint density at radius 3 is 0.958 bits per heavy atom. The molecule has 0 saturated heterocycles. The first kappa shape index (κ1) is 44.1. The van der Waals surface area contributed by atoms with Crippen molar-refractivity contribution in [1.82, 2.24) is 9.13 Å². The van der Waals surface area contributed by atoms with Gasteiger partial charge in [-0.3, -0.25) is 0 Å². The smallest absolute Gasteiger partial charge is 0.308 e. The number of aromatic nitrogens is 2. The number of halogens is 6. The van der Waals surface area contributed by atoms with Gasteiger partial charge in [0.2, 0.25) is 0 Å². The van der Waals surface area contributed by atoms with Crippen molar-refractivity contribution < 1.29 is 26.3 Å². The van der Waals surface area contributed by atoms with Crippen LogP contribution in [0.5, 0.6) is 0 Å². The van der Waals surface area contributed by atoms with E-state index in [1.807, 2.05) is 203 Å². The van der Waals surface area contributed by atoms with E-state index in [4.69, 9.17) is 0 Å². The quantitative estimate of drug-likeness (QED) is 0.147. The summed E-state index contributed by atoms with van der Waals surface area (Å²) in [7, 11) is 0. The number of fused-ring (bicyclic) bond motifs is 6. The van der Waals surface area contributed by atoms with E-state index in [1.54, 1.807) is 12.1 Å². The van der Waals surface area contributed by atoms with Gasteiger partial charge in [0.25, 0.3) is 0 Å². The minimum absolute atomic E-state index is 0.0220. The summed E-state index contributed by atoms with van der Waals surface area (Å²) in [6.07, 6.45) is -10.3. The van der Waals surface area contributed by atoms with Gasteiger partial charge in [0, 0.05) is 27.1 Å². The lowest BCUT2D eigenvalue weighted by Crippen LogP contribution is -2.14. The molecule has 9 heteroatoms. The lowest BCUT2D eigenvalue weighted by atomic mass is 9.92. The third-order valence-electron chi connectivity index (χ3n) is 13.6. The zero-order valence-corrected chi connectivity index (χ0v) is 38.0. The summed E-state index contributed by atoms with van der Waals surface area (Å²) in [5.41, 5.74) is 6.89. The maximum Gasteiger partial charge on any atom is 0.417 e. The average Bonchev–Trinajstić information content (AvgIpc) is 3.92. The largest absolute Gasteiger partial charge is 0.417 e. The Balaban J connectivity index is 1.24. The van der Waals surface area contributed by atoms with Crippen LogP contribution in [0.15, 0.2) is 224 Å². The van der Waals surface area contributed by atoms with Gasteiger partial charge in [0.15, 0.2) is 0 Å². The molecule has 0 fully saturated rings. The second-order valence-corrected chi connectivity index (χ2v) is 17.8. The molecule has 0 aliphatic carbocycles. The summed E-state index contributed by atoms with van der Waals surface area (Å²) in [6, 6.07) is 70.1. The van der Waals surface area contributed by atoms with Crippen LogP contribution in [-0.4, -0.2) is 9.13 Å². The highest BCUT2D eigenvalue weighted by molar-refractivity contribution is 6.14. The molecule has 0 N–H and O–H groups in total. The summed E-state index contributed by atoms with van der Waals surface area (Å²) in [6.45, 7) is 0. The van der Waals surface area contributed by atoms with Crippen molar-refractivity contribution in [3.8, 4) is 73.1 Å². The first-order valence-electron chi connectivity index (χ1n) is 23.2. The fourth-order valence-electron chi connectivity index (χ4n) is 10.3. The van der Waals surface area contributed by atoms with E-state index < -0.39 is 29.0 Å². The van der Waals surface area contributed by atoms with E-state index in [2.05, 4.69) is 6.07 Å². The van der Waals surface area contributed by atoms with Crippen molar-refractivity contribution in [1.29, 1.82) is 5.26 Å². The molecule has 10 aromatic carbocycles. The molecule has 0 atom stereocenters. The molecule has 0 spiro atoms. The number of rotatable bonds is 7. The van der Waals surface area contributed by atoms with E-state index >= 15 is 13.2 Å². The van der Waals surface area contributed by atoms with Crippen LogP contribution in [0.4, 0.5) is 26.3 Å². The third kappa shape index (κ3) is 7.56. The summed E-state index contributed by atoms with van der Waals surface area (Å²) in [5, 5.41) is 14.1. The molecule has 0 bridgehead atoms. The van der Waals surface area contributed by atoms with E-state index in [1.165, 1.54) is 0 Å². The monoisotopic (exact) mass is 949 g/mol. The van der Waals surface area contributed by atoms with E-state index in [0.717, 1.165) is 72.1 Å². The zero-order valence-electron chi connectivity index (χ0n) is 38.0. The van der Waals surface area contributed by atoms with Gasteiger partial charge >= 0.3 is 12.4 Å². The van der Waals surface area contributed by atoms with Crippen molar-refractivity contribution in [2.75, 3.05) is 0 Å². The van der Waals surface area contributed by atoms with Crippen LogP contribution in [0.1, 0.15) is 16.7 Å². The molecule has 2 aromatic heterocycles. The maximum atomic E-state index is 15.8. The third-order valence-corrected chi connectivity index (χ3v) is 13.6. The Hall–Kier alpha value is -9.13. The Labute approximate surface area is 409 Å². The van der Waals surface area contributed by atoms with Gasteiger partial charge in [-0.1, -0.05) is 152 Å². The number of nitriles is 1. The molecule has 12 rings (SSSR count). The van der Waals surface area contributed by atoms with E-state index in [-0.39, 0.29) is 28.6 Å². The molecule has 2 heterocycles. The van der Waals surface area contributed by atoms with Crippen molar-refractivity contribution in [2.45, 2.75) is 12.4 Å². The Kier molecular flexibility index (Phi) is 10.5. The molecule has 346 valence electrons. The van der Waals surface area contributed by atoms with Crippen LogP contribution in [0, 0.1) is 11.3 Å². The van der Waals surface area contributed by atoms with Crippen molar-refractivity contribution in [3.63, 3.8) is 0 Å². The average molecular weight is 950 g/mol. The zero-order chi connectivity index (χ0) is 49.3. The van der Waals surface area contributed by atoms with Gasteiger partial charge in [0.05, 0.1) is 56.2 Å². The predicted molar refractivity (Wildman–Crippen MR) is 277 cm³/mol.